The van der Waals surface area contributed by atoms with Crippen LogP contribution in [-0.4, -0.2) is 22.4 Å². The summed E-state index contributed by atoms with van der Waals surface area (Å²) in [6.07, 6.45) is 1.69. The maximum atomic E-state index is 10.5. The maximum absolute atomic E-state index is 10.5. The molecule has 1 atom stereocenters. The summed E-state index contributed by atoms with van der Waals surface area (Å²) in [4.78, 5) is 10.5. The van der Waals surface area contributed by atoms with Gasteiger partial charge >= 0.3 is 6.09 Å². The van der Waals surface area contributed by atoms with Crippen LogP contribution in [-0.2, 0) is 17.7 Å². The Balaban J connectivity index is 2.14. The molecule has 5 heteroatoms. The van der Waals surface area contributed by atoms with E-state index in [1.165, 1.54) is 0 Å². The summed E-state index contributed by atoms with van der Waals surface area (Å²) in [5.41, 5.74) is 8.19. The van der Waals surface area contributed by atoms with Gasteiger partial charge in [0.1, 0.15) is 6.61 Å². The molecular weight excluding hydrogens is 220 g/mol. The van der Waals surface area contributed by atoms with E-state index in [-0.39, 0.29) is 12.7 Å². The molecular formula is C12H18N2O3. The third-order valence-electron chi connectivity index (χ3n) is 3.26. The van der Waals surface area contributed by atoms with Gasteiger partial charge in [-0.2, -0.15) is 0 Å². The van der Waals surface area contributed by atoms with Gasteiger partial charge in [0.25, 0.3) is 0 Å². The Kier molecular flexibility index (Phi) is 3.38. The van der Waals surface area contributed by atoms with Crippen LogP contribution in [0.2, 0.25) is 0 Å². The fourth-order valence-electron chi connectivity index (χ4n) is 2.49. The second-order valence-corrected chi connectivity index (χ2v) is 4.41. The molecule has 94 valence electrons. The Morgan fingerprint density at radius 3 is 3.18 bits per heavy atom. The first-order valence-corrected chi connectivity index (χ1v) is 5.89. The number of carbonyl (C=O) groups excluding carboxylic acids is 1. The number of rotatable bonds is 3. The number of fused-ring (bicyclic) bond motifs is 1. The van der Waals surface area contributed by atoms with Crippen molar-refractivity contribution < 1.29 is 14.6 Å². The van der Waals surface area contributed by atoms with Crippen LogP contribution in [0.1, 0.15) is 35.9 Å². The molecule has 0 radical (unpaired) electrons. The van der Waals surface area contributed by atoms with Crippen LogP contribution < -0.4 is 5.73 Å². The number of amides is 1. The molecule has 0 spiro atoms. The van der Waals surface area contributed by atoms with Gasteiger partial charge in [-0.3, -0.25) is 0 Å². The lowest BCUT2D eigenvalue weighted by Gasteiger charge is -2.20. The Labute approximate surface area is 100 Å². The van der Waals surface area contributed by atoms with E-state index in [0.29, 0.717) is 6.54 Å². The molecule has 1 amide bonds. The normalized spacial score (nSPS) is 18.8. The molecule has 0 bridgehead atoms. The molecule has 1 aromatic heterocycles. The molecule has 0 saturated heterocycles. The molecule has 0 aromatic carbocycles. The molecule has 3 N–H and O–H groups in total. The van der Waals surface area contributed by atoms with E-state index in [4.69, 9.17) is 10.5 Å². The molecule has 0 aliphatic heterocycles. The summed E-state index contributed by atoms with van der Waals surface area (Å²) in [5, 5.41) is 9.89. The maximum Gasteiger partial charge on any atom is 0.404 e. The highest BCUT2D eigenvalue weighted by atomic mass is 16.5. The minimum atomic E-state index is -0.747. The lowest BCUT2D eigenvalue weighted by Crippen LogP contribution is -2.19. The van der Waals surface area contributed by atoms with Gasteiger partial charge in [-0.1, -0.05) is 0 Å². The third kappa shape index (κ3) is 2.44. The average Bonchev–Trinajstić information content (AvgIpc) is 2.57. The van der Waals surface area contributed by atoms with Crippen molar-refractivity contribution in [2.45, 2.75) is 38.8 Å². The third-order valence-corrected chi connectivity index (χ3v) is 3.26. The van der Waals surface area contributed by atoms with Crippen LogP contribution in [0.3, 0.4) is 0 Å². The van der Waals surface area contributed by atoms with E-state index in [1.54, 1.807) is 0 Å². The number of nitrogens with two attached hydrogens (primary N) is 1. The number of aromatic nitrogens is 1. The Morgan fingerprint density at radius 1 is 1.71 bits per heavy atom. The summed E-state index contributed by atoms with van der Waals surface area (Å²) in [5.74, 6) is 0. The van der Waals surface area contributed by atoms with Crippen molar-refractivity contribution in [3.8, 4) is 0 Å². The van der Waals surface area contributed by atoms with Crippen LogP contribution in [0.5, 0.6) is 0 Å². The second kappa shape index (κ2) is 4.79. The highest BCUT2D eigenvalue weighted by Gasteiger charge is 2.22. The topological polar surface area (TPSA) is 77.5 Å². The van der Waals surface area contributed by atoms with Crippen molar-refractivity contribution in [3.05, 3.63) is 23.0 Å². The Morgan fingerprint density at radius 2 is 2.47 bits per heavy atom. The predicted molar refractivity (Wildman–Crippen MR) is 62.6 cm³/mol. The summed E-state index contributed by atoms with van der Waals surface area (Å²) < 4.78 is 6.84. The fourth-order valence-corrected chi connectivity index (χ4v) is 2.49. The van der Waals surface area contributed by atoms with Gasteiger partial charge in [0, 0.05) is 17.0 Å². The zero-order valence-corrected chi connectivity index (χ0v) is 9.98. The largest absolute Gasteiger partial charge is 0.448 e. The number of nitrogens with zero attached hydrogens (tertiary/aromatic N) is 1. The van der Waals surface area contributed by atoms with Crippen LogP contribution >= 0.6 is 0 Å². The molecule has 2 rings (SSSR count). The number of hydrogen-bond acceptors (Lipinski definition) is 3. The Bertz CT molecular complexity index is 426. The van der Waals surface area contributed by atoms with E-state index in [9.17, 15) is 9.90 Å². The van der Waals surface area contributed by atoms with E-state index in [0.717, 1.165) is 36.2 Å². The molecule has 0 saturated carbocycles. The van der Waals surface area contributed by atoms with E-state index >= 15 is 0 Å². The fraction of sp³-hybridized carbons (Fsp3) is 0.583. The van der Waals surface area contributed by atoms with Crippen LogP contribution in [0.15, 0.2) is 6.07 Å². The van der Waals surface area contributed by atoms with E-state index < -0.39 is 6.09 Å². The monoisotopic (exact) mass is 238 g/mol. The molecule has 0 fully saturated rings. The van der Waals surface area contributed by atoms with Crippen molar-refractivity contribution in [2.24, 2.45) is 5.73 Å². The molecule has 1 heterocycles. The van der Waals surface area contributed by atoms with Crippen molar-refractivity contribution in [2.75, 3.05) is 6.61 Å². The zero-order valence-electron chi connectivity index (χ0n) is 9.98. The van der Waals surface area contributed by atoms with E-state index in [1.807, 2.05) is 13.0 Å². The first-order chi connectivity index (χ1) is 8.09. The SMILES string of the molecule is Cc1cc2c(n1CCOC(N)=O)CCCC2O. The summed E-state index contributed by atoms with van der Waals surface area (Å²) >= 11 is 0. The number of aliphatic hydroxyl groups is 1. The van der Waals surface area contributed by atoms with Gasteiger partial charge in [0.15, 0.2) is 0 Å². The summed E-state index contributed by atoms with van der Waals surface area (Å²) in [6, 6.07) is 2.02. The summed E-state index contributed by atoms with van der Waals surface area (Å²) in [7, 11) is 0. The minimum Gasteiger partial charge on any atom is -0.448 e. The highest BCUT2D eigenvalue weighted by molar-refractivity contribution is 5.64. The van der Waals surface area contributed by atoms with Gasteiger partial charge in [0.05, 0.1) is 12.6 Å². The van der Waals surface area contributed by atoms with Gasteiger partial charge in [-0.25, -0.2) is 4.79 Å². The smallest absolute Gasteiger partial charge is 0.404 e. The van der Waals surface area contributed by atoms with Crippen LogP contribution in [0, 0.1) is 6.92 Å². The molecule has 1 aromatic rings. The number of ether oxygens (including phenoxy) is 1. The minimum absolute atomic E-state index is 0.271. The van der Waals surface area contributed by atoms with Crippen molar-refractivity contribution in [1.29, 1.82) is 0 Å². The second-order valence-electron chi connectivity index (χ2n) is 4.41. The molecule has 1 aliphatic carbocycles. The number of primary amides is 1. The highest BCUT2D eigenvalue weighted by Crippen LogP contribution is 2.31. The molecule has 17 heavy (non-hydrogen) atoms. The first kappa shape index (κ1) is 12.0. The quantitative estimate of drug-likeness (QED) is 0.832. The lowest BCUT2D eigenvalue weighted by atomic mass is 9.95. The van der Waals surface area contributed by atoms with Gasteiger partial charge in [-0.15, -0.1) is 0 Å². The van der Waals surface area contributed by atoms with Gasteiger partial charge in [0.2, 0.25) is 0 Å². The summed E-state index contributed by atoms with van der Waals surface area (Å²) in [6.45, 7) is 2.86. The van der Waals surface area contributed by atoms with Crippen molar-refractivity contribution in [3.63, 3.8) is 0 Å². The Hall–Kier alpha value is -1.49. The van der Waals surface area contributed by atoms with Gasteiger partial charge in [-0.05, 0) is 32.3 Å². The van der Waals surface area contributed by atoms with Gasteiger partial charge < -0.3 is 20.1 Å². The number of hydrogen-bond donors (Lipinski definition) is 2. The van der Waals surface area contributed by atoms with Crippen LogP contribution in [0.25, 0.3) is 0 Å². The van der Waals surface area contributed by atoms with Crippen LogP contribution in [0.4, 0.5) is 4.79 Å². The standard InChI is InChI=1S/C12H18N2O3/c1-8-7-9-10(3-2-4-11(9)15)14(8)5-6-17-12(13)16/h7,11,15H,2-6H2,1H3,(H2,13,16). The molecule has 1 aliphatic rings. The first-order valence-electron chi connectivity index (χ1n) is 5.89. The van der Waals surface area contributed by atoms with Crippen molar-refractivity contribution >= 4 is 6.09 Å². The lowest BCUT2D eigenvalue weighted by molar-refractivity contribution is 0.148. The predicted octanol–water partition coefficient (Wildman–Crippen LogP) is 1.26. The molecule has 5 nitrogen and oxygen atoms in total. The van der Waals surface area contributed by atoms with E-state index in [2.05, 4.69) is 4.57 Å². The number of aryl methyl sites for hydroxylation is 1. The van der Waals surface area contributed by atoms with Crippen molar-refractivity contribution in [1.82, 2.24) is 4.57 Å². The number of carbonyl (C=O) groups is 1. The zero-order chi connectivity index (χ0) is 12.4. The molecule has 1 unspecified atom stereocenters. The number of aliphatic hydroxyl groups excluding tert-OH is 1. The average molecular weight is 238 g/mol.